The molecule has 0 saturated carbocycles. The van der Waals surface area contributed by atoms with Gasteiger partial charge in [0.25, 0.3) is 11.8 Å². The zero-order valence-corrected chi connectivity index (χ0v) is 18.3. The maximum atomic E-state index is 13.2. The number of fused-ring (bicyclic) bond motifs is 1. The third-order valence-electron chi connectivity index (χ3n) is 5.19. The number of imidazole rings is 1. The minimum atomic E-state index is -0.367. The molecular weight excluding hydrogens is 364 g/mol. The van der Waals surface area contributed by atoms with Crippen LogP contribution in [-0.4, -0.2) is 26.9 Å². The second-order valence-electron chi connectivity index (χ2n) is 9.19. The number of carbonyl (C=O) groups excluding carboxylic acids is 2. The standard InChI is InChI=1S/C23H32N4O2/c1-14(2)16-11-9-10-15(3)18(16)25-21(28)19-17-12-7-8-13-27(17)20(24-19)22(29)26-23(4,5)6/h9-11,14H,7-8,12-13H2,1-6H3,(H,25,28)(H,26,29). The Hall–Kier alpha value is -2.63. The average molecular weight is 397 g/mol. The summed E-state index contributed by atoms with van der Waals surface area (Å²) >= 11 is 0. The van der Waals surface area contributed by atoms with E-state index in [1.165, 1.54) is 0 Å². The highest BCUT2D eigenvalue weighted by molar-refractivity contribution is 6.05. The first kappa shape index (κ1) is 21.1. The summed E-state index contributed by atoms with van der Waals surface area (Å²) in [5.41, 5.74) is 3.80. The molecule has 3 rings (SSSR count). The predicted molar refractivity (Wildman–Crippen MR) is 116 cm³/mol. The number of nitrogens with zero attached hydrogens (tertiary/aromatic N) is 2. The van der Waals surface area contributed by atoms with Gasteiger partial charge in [-0.2, -0.15) is 0 Å². The van der Waals surface area contributed by atoms with Crippen LogP contribution in [0.2, 0.25) is 0 Å². The number of benzene rings is 1. The molecule has 2 amide bonds. The normalized spacial score (nSPS) is 13.9. The van der Waals surface area contributed by atoms with Gasteiger partial charge in [0.15, 0.2) is 11.5 Å². The topological polar surface area (TPSA) is 76.0 Å². The van der Waals surface area contributed by atoms with Crippen molar-refractivity contribution in [3.05, 3.63) is 46.5 Å². The second kappa shape index (κ2) is 8.01. The Morgan fingerprint density at radius 2 is 1.86 bits per heavy atom. The number of carbonyl (C=O) groups is 2. The van der Waals surface area contributed by atoms with E-state index in [2.05, 4.69) is 29.5 Å². The van der Waals surface area contributed by atoms with Gasteiger partial charge in [-0.25, -0.2) is 4.98 Å². The average Bonchev–Trinajstić information content (AvgIpc) is 3.01. The Kier molecular flexibility index (Phi) is 5.82. The van der Waals surface area contributed by atoms with E-state index in [9.17, 15) is 9.59 Å². The van der Waals surface area contributed by atoms with Crippen LogP contribution in [0.4, 0.5) is 5.69 Å². The summed E-state index contributed by atoms with van der Waals surface area (Å²) in [6.45, 7) is 12.7. The van der Waals surface area contributed by atoms with E-state index in [0.717, 1.165) is 41.8 Å². The van der Waals surface area contributed by atoms with Gasteiger partial charge in [-0.1, -0.05) is 32.0 Å². The molecule has 1 aliphatic heterocycles. The molecule has 1 aliphatic rings. The van der Waals surface area contributed by atoms with Crippen molar-refractivity contribution < 1.29 is 9.59 Å². The molecule has 6 heteroatoms. The number of para-hydroxylation sites is 1. The SMILES string of the molecule is Cc1cccc(C(C)C)c1NC(=O)c1nc(C(=O)NC(C)(C)C)n2c1CCCC2. The predicted octanol–water partition coefficient (Wildman–Crippen LogP) is 4.43. The van der Waals surface area contributed by atoms with E-state index in [0.29, 0.717) is 18.1 Å². The van der Waals surface area contributed by atoms with E-state index < -0.39 is 0 Å². The van der Waals surface area contributed by atoms with Crippen molar-refractivity contribution in [2.75, 3.05) is 5.32 Å². The number of amides is 2. The van der Waals surface area contributed by atoms with Crippen LogP contribution >= 0.6 is 0 Å². The first-order chi connectivity index (χ1) is 13.6. The Morgan fingerprint density at radius 1 is 1.14 bits per heavy atom. The van der Waals surface area contributed by atoms with E-state index in [1.807, 2.05) is 50.5 Å². The third kappa shape index (κ3) is 4.52. The van der Waals surface area contributed by atoms with E-state index in [1.54, 1.807) is 0 Å². The molecular formula is C23H32N4O2. The first-order valence-electron chi connectivity index (χ1n) is 10.4. The van der Waals surface area contributed by atoms with Crippen LogP contribution in [0.5, 0.6) is 0 Å². The fraction of sp³-hybridized carbons (Fsp3) is 0.522. The van der Waals surface area contributed by atoms with Crippen LogP contribution in [0.15, 0.2) is 18.2 Å². The molecule has 1 aromatic heterocycles. The lowest BCUT2D eigenvalue weighted by molar-refractivity contribution is 0.0903. The van der Waals surface area contributed by atoms with Gasteiger partial charge in [0.05, 0.1) is 5.69 Å². The van der Waals surface area contributed by atoms with Gasteiger partial charge >= 0.3 is 0 Å². The lowest BCUT2D eigenvalue weighted by Crippen LogP contribution is -2.42. The third-order valence-corrected chi connectivity index (χ3v) is 5.19. The van der Waals surface area contributed by atoms with Gasteiger partial charge in [0.1, 0.15) is 0 Å². The molecule has 156 valence electrons. The summed E-state index contributed by atoms with van der Waals surface area (Å²) in [5.74, 6) is 0.128. The molecule has 2 heterocycles. The van der Waals surface area contributed by atoms with E-state index in [-0.39, 0.29) is 23.3 Å². The molecule has 6 nitrogen and oxygen atoms in total. The summed E-state index contributed by atoms with van der Waals surface area (Å²) in [5, 5.41) is 6.05. The number of rotatable bonds is 4. The summed E-state index contributed by atoms with van der Waals surface area (Å²) in [6, 6.07) is 6.04. The molecule has 1 aromatic carbocycles. The largest absolute Gasteiger partial charge is 0.345 e. The molecule has 0 spiro atoms. The molecule has 0 bridgehead atoms. The molecule has 0 unspecified atom stereocenters. The van der Waals surface area contributed by atoms with Crippen molar-refractivity contribution in [1.82, 2.24) is 14.9 Å². The van der Waals surface area contributed by atoms with Gasteiger partial charge in [-0.15, -0.1) is 0 Å². The minimum absolute atomic E-state index is 0.238. The lowest BCUT2D eigenvalue weighted by Gasteiger charge is -2.22. The number of hydrogen-bond donors (Lipinski definition) is 2. The molecule has 0 aliphatic carbocycles. The fourth-order valence-electron chi connectivity index (χ4n) is 3.81. The Labute approximate surface area is 173 Å². The molecule has 2 N–H and O–H groups in total. The van der Waals surface area contributed by atoms with Crippen LogP contribution < -0.4 is 10.6 Å². The summed E-state index contributed by atoms with van der Waals surface area (Å²) in [7, 11) is 0. The summed E-state index contributed by atoms with van der Waals surface area (Å²) < 4.78 is 1.92. The Bertz CT molecular complexity index is 935. The number of anilines is 1. The maximum absolute atomic E-state index is 13.2. The van der Waals surface area contributed by atoms with Crippen molar-refractivity contribution in [2.24, 2.45) is 0 Å². The monoisotopic (exact) mass is 396 g/mol. The Balaban J connectivity index is 1.98. The maximum Gasteiger partial charge on any atom is 0.287 e. The van der Waals surface area contributed by atoms with Crippen molar-refractivity contribution >= 4 is 17.5 Å². The van der Waals surface area contributed by atoms with Crippen molar-refractivity contribution in [3.63, 3.8) is 0 Å². The van der Waals surface area contributed by atoms with E-state index >= 15 is 0 Å². The van der Waals surface area contributed by atoms with Crippen LogP contribution in [0, 0.1) is 6.92 Å². The molecule has 29 heavy (non-hydrogen) atoms. The summed E-state index contributed by atoms with van der Waals surface area (Å²) in [6.07, 6.45) is 2.73. The number of aryl methyl sites for hydroxylation is 1. The first-order valence-corrected chi connectivity index (χ1v) is 10.4. The molecule has 0 atom stereocenters. The van der Waals surface area contributed by atoms with Crippen molar-refractivity contribution in [3.8, 4) is 0 Å². The van der Waals surface area contributed by atoms with Gasteiger partial charge in [0, 0.05) is 17.8 Å². The molecule has 0 saturated heterocycles. The highest BCUT2D eigenvalue weighted by Gasteiger charge is 2.29. The molecule has 0 fully saturated rings. The zero-order valence-electron chi connectivity index (χ0n) is 18.3. The zero-order chi connectivity index (χ0) is 21.3. The molecule has 2 aromatic rings. The van der Waals surface area contributed by atoms with E-state index in [4.69, 9.17) is 0 Å². The number of nitrogens with one attached hydrogen (secondary N) is 2. The van der Waals surface area contributed by atoms with Crippen LogP contribution in [0.3, 0.4) is 0 Å². The highest BCUT2D eigenvalue weighted by atomic mass is 16.2. The number of hydrogen-bond acceptors (Lipinski definition) is 3. The minimum Gasteiger partial charge on any atom is -0.345 e. The van der Waals surface area contributed by atoms with Gasteiger partial charge < -0.3 is 15.2 Å². The van der Waals surface area contributed by atoms with Crippen molar-refractivity contribution in [2.45, 2.75) is 78.8 Å². The number of aromatic nitrogens is 2. The smallest absolute Gasteiger partial charge is 0.287 e. The molecule has 0 radical (unpaired) electrons. The van der Waals surface area contributed by atoms with Crippen LogP contribution in [0.25, 0.3) is 0 Å². The van der Waals surface area contributed by atoms with Gasteiger partial charge in [0.2, 0.25) is 0 Å². The summed E-state index contributed by atoms with van der Waals surface area (Å²) in [4.78, 5) is 30.5. The van der Waals surface area contributed by atoms with Gasteiger partial charge in [-0.05, 0) is 64.0 Å². The van der Waals surface area contributed by atoms with Crippen molar-refractivity contribution in [1.29, 1.82) is 0 Å². The second-order valence-corrected chi connectivity index (χ2v) is 9.19. The fourth-order valence-corrected chi connectivity index (χ4v) is 3.81. The Morgan fingerprint density at radius 3 is 2.52 bits per heavy atom. The lowest BCUT2D eigenvalue weighted by atomic mass is 9.98. The highest BCUT2D eigenvalue weighted by Crippen LogP contribution is 2.29. The van der Waals surface area contributed by atoms with Gasteiger partial charge in [-0.3, -0.25) is 9.59 Å². The quantitative estimate of drug-likeness (QED) is 0.803. The van der Waals surface area contributed by atoms with Crippen LogP contribution in [0.1, 0.15) is 91.3 Å². The van der Waals surface area contributed by atoms with Crippen LogP contribution in [-0.2, 0) is 13.0 Å².